The molecule has 0 N–H and O–H groups in total. The molecule has 0 radical (unpaired) electrons. The van der Waals surface area contributed by atoms with Crippen molar-refractivity contribution in [1.29, 1.82) is 0 Å². The number of aromatic nitrogens is 2. The first-order valence-corrected chi connectivity index (χ1v) is 9.00. The van der Waals surface area contributed by atoms with Crippen LogP contribution in [-0.2, 0) is 22.6 Å². The van der Waals surface area contributed by atoms with E-state index in [1.54, 1.807) is 6.20 Å². The zero-order valence-corrected chi connectivity index (χ0v) is 14.9. The number of nitrogens with zero attached hydrogens (tertiary/aromatic N) is 3. The van der Waals surface area contributed by atoms with Crippen LogP contribution in [0.15, 0.2) is 29.0 Å². The minimum Gasteiger partial charge on any atom is -0.373 e. The molecule has 2 fully saturated rings. The summed E-state index contributed by atoms with van der Waals surface area (Å²) in [5.74, 6) is 0.919. The summed E-state index contributed by atoms with van der Waals surface area (Å²) in [4.78, 5) is 6.66. The fourth-order valence-electron chi connectivity index (χ4n) is 3.98. The maximum absolute atomic E-state index is 6.17. The van der Waals surface area contributed by atoms with Gasteiger partial charge in [0, 0.05) is 37.1 Å². The molecule has 0 spiro atoms. The van der Waals surface area contributed by atoms with E-state index in [0.29, 0.717) is 12.6 Å². The molecule has 3 atom stereocenters. The number of ether oxygens (including phenoxy) is 2. The number of rotatable bonds is 5. The molecule has 0 amide bonds. The second-order valence-corrected chi connectivity index (χ2v) is 6.96. The van der Waals surface area contributed by atoms with Gasteiger partial charge in [0.05, 0.1) is 31.1 Å². The zero-order valence-electron chi connectivity index (χ0n) is 14.9. The molecule has 4 rings (SSSR count). The Morgan fingerprint density at radius 2 is 2.24 bits per heavy atom. The van der Waals surface area contributed by atoms with E-state index in [-0.39, 0.29) is 12.2 Å². The van der Waals surface area contributed by atoms with Crippen molar-refractivity contribution in [3.05, 3.63) is 47.1 Å². The molecule has 6 heteroatoms. The highest BCUT2D eigenvalue weighted by Gasteiger charge is 2.43. The van der Waals surface area contributed by atoms with Gasteiger partial charge < -0.3 is 14.0 Å². The number of morpholine rings is 1. The third-order valence-corrected chi connectivity index (χ3v) is 5.38. The van der Waals surface area contributed by atoms with E-state index >= 15 is 0 Å². The number of fused-ring (bicyclic) bond motifs is 1. The molecule has 25 heavy (non-hydrogen) atoms. The predicted octanol–water partition coefficient (Wildman–Crippen LogP) is 2.64. The molecular weight excluding hydrogens is 318 g/mol. The van der Waals surface area contributed by atoms with E-state index in [2.05, 4.69) is 15.0 Å². The van der Waals surface area contributed by atoms with Crippen molar-refractivity contribution < 1.29 is 14.0 Å². The minimum atomic E-state index is 0.144. The largest absolute Gasteiger partial charge is 0.373 e. The predicted molar refractivity (Wildman–Crippen MR) is 92.0 cm³/mol. The van der Waals surface area contributed by atoms with Crippen LogP contribution in [0.5, 0.6) is 0 Å². The lowest BCUT2D eigenvalue weighted by Gasteiger charge is -2.39. The first-order valence-electron chi connectivity index (χ1n) is 9.00. The van der Waals surface area contributed by atoms with E-state index in [4.69, 9.17) is 14.0 Å². The fourth-order valence-corrected chi connectivity index (χ4v) is 3.98. The Hall–Kier alpha value is -1.76. The molecule has 2 aliphatic rings. The molecule has 6 nitrogen and oxygen atoms in total. The van der Waals surface area contributed by atoms with Crippen molar-refractivity contribution in [3.8, 4) is 0 Å². The quantitative estimate of drug-likeness (QED) is 0.832. The first-order chi connectivity index (χ1) is 12.2. The molecule has 1 aliphatic carbocycles. The van der Waals surface area contributed by atoms with E-state index in [0.717, 1.165) is 49.6 Å². The zero-order chi connectivity index (χ0) is 17.2. The Morgan fingerprint density at radius 1 is 1.32 bits per heavy atom. The topological polar surface area (TPSA) is 60.6 Å². The van der Waals surface area contributed by atoms with Crippen LogP contribution in [0.2, 0.25) is 0 Å². The lowest BCUT2D eigenvalue weighted by molar-refractivity contribution is -0.118. The molecule has 0 aromatic carbocycles. The van der Waals surface area contributed by atoms with Crippen LogP contribution < -0.4 is 0 Å². The SMILES string of the molecule is Cc1noc(C)c1CN1CCO[C@H]2[C@H]1CC[C@H]2OCc1cccnc1. The van der Waals surface area contributed by atoms with Crippen LogP contribution in [0, 0.1) is 13.8 Å². The van der Waals surface area contributed by atoms with Crippen molar-refractivity contribution in [2.75, 3.05) is 13.2 Å². The van der Waals surface area contributed by atoms with Crippen LogP contribution in [-0.4, -0.2) is 46.4 Å². The Morgan fingerprint density at radius 3 is 3.00 bits per heavy atom. The molecule has 0 bridgehead atoms. The summed E-state index contributed by atoms with van der Waals surface area (Å²) in [6.07, 6.45) is 6.08. The maximum atomic E-state index is 6.17. The molecule has 3 heterocycles. The van der Waals surface area contributed by atoms with Gasteiger partial charge in [-0.2, -0.15) is 0 Å². The van der Waals surface area contributed by atoms with Gasteiger partial charge in [-0.05, 0) is 38.3 Å². The highest BCUT2D eigenvalue weighted by Crippen LogP contribution is 2.34. The summed E-state index contributed by atoms with van der Waals surface area (Å²) in [5, 5.41) is 4.08. The van der Waals surface area contributed by atoms with Crippen molar-refractivity contribution in [3.63, 3.8) is 0 Å². The van der Waals surface area contributed by atoms with Gasteiger partial charge in [0.25, 0.3) is 0 Å². The normalized spacial score (nSPS) is 26.7. The van der Waals surface area contributed by atoms with Gasteiger partial charge in [0.15, 0.2) is 0 Å². The second-order valence-electron chi connectivity index (χ2n) is 6.96. The van der Waals surface area contributed by atoms with Crippen LogP contribution >= 0.6 is 0 Å². The van der Waals surface area contributed by atoms with Gasteiger partial charge in [-0.1, -0.05) is 11.2 Å². The van der Waals surface area contributed by atoms with Gasteiger partial charge in [-0.25, -0.2) is 0 Å². The van der Waals surface area contributed by atoms with Crippen molar-refractivity contribution >= 4 is 0 Å². The average Bonchev–Trinajstić information content (AvgIpc) is 3.20. The molecule has 2 aromatic rings. The van der Waals surface area contributed by atoms with Gasteiger partial charge in [0.1, 0.15) is 5.76 Å². The Bertz CT molecular complexity index is 684. The second kappa shape index (κ2) is 7.23. The molecule has 2 aromatic heterocycles. The van der Waals surface area contributed by atoms with E-state index in [9.17, 15) is 0 Å². The smallest absolute Gasteiger partial charge is 0.138 e. The molecule has 1 saturated carbocycles. The Balaban J connectivity index is 1.40. The summed E-state index contributed by atoms with van der Waals surface area (Å²) >= 11 is 0. The molecule has 0 unspecified atom stereocenters. The minimum absolute atomic E-state index is 0.144. The van der Waals surface area contributed by atoms with E-state index in [1.165, 1.54) is 5.56 Å². The molecule has 134 valence electrons. The number of hydrogen-bond donors (Lipinski definition) is 0. The fraction of sp³-hybridized carbons (Fsp3) is 0.579. The Labute approximate surface area is 148 Å². The van der Waals surface area contributed by atoms with Gasteiger partial charge >= 0.3 is 0 Å². The van der Waals surface area contributed by atoms with Gasteiger partial charge in [-0.3, -0.25) is 9.88 Å². The van der Waals surface area contributed by atoms with E-state index < -0.39 is 0 Å². The van der Waals surface area contributed by atoms with Gasteiger partial charge in [0.2, 0.25) is 0 Å². The highest BCUT2D eigenvalue weighted by atomic mass is 16.5. The summed E-state index contributed by atoms with van der Waals surface area (Å²) in [6.45, 7) is 7.16. The summed E-state index contributed by atoms with van der Waals surface area (Å²) in [6, 6.07) is 4.39. The first kappa shape index (κ1) is 16.7. The van der Waals surface area contributed by atoms with Crippen LogP contribution in [0.3, 0.4) is 0 Å². The summed E-state index contributed by atoms with van der Waals surface area (Å²) in [5.41, 5.74) is 3.30. The molecule has 1 aliphatic heterocycles. The monoisotopic (exact) mass is 343 g/mol. The maximum Gasteiger partial charge on any atom is 0.138 e. The summed E-state index contributed by atoms with van der Waals surface area (Å²) in [7, 11) is 0. The molecular formula is C19H25N3O3. The number of aryl methyl sites for hydroxylation is 2. The van der Waals surface area contributed by atoms with Crippen molar-refractivity contribution in [1.82, 2.24) is 15.0 Å². The van der Waals surface area contributed by atoms with Crippen LogP contribution in [0.1, 0.15) is 35.4 Å². The van der Waals surface area contributed by atoms with Crippen LogP contribution in [0.4, 0.5) is 0 Å². The molecule has 1 saturated heterocycles. The summed E-state index contributed by atoms with van der Waals surface area (Å²) < 4.78 is 17.6. The van der Waals surface area contributed by atoms with Crippen LogP contribution in [0.25, 0.3) is 0 Å². The third kappa shape index (κ3) is 3.47. The van der Waals surface area contributed by atoms with Crippen molar-refractivity contribution in [2.45, 2.75) is 58.1 Å². The Kier molecular flexibility index (Phi) is 4.83. The third-order valence-electron chi connectivity index (χ3n) is 5.38. The number of hydrogen-bond acceptors (Lipinski definition) is 6. The number of pyridine rings is 1. The lowest BCUT2D eigenvalue weighted by Crippen LogP contribution is -2.51. The van der Waals surface area contributed by atoms with E-state index in [1.807, 2.05) is 32.2 Å². The van der Waals surface area contributed by atoms with Gasteiger partial charge in [-0.15, -0.1) is 0 Å². The lowest BCUT2D eigenvalue weighted by atomic mass is 10.1. The van der Waals surface area contributed by atoms with Crippen molar-refractivity contribution in [2.24, 2.45) is 0 Å². The average molecular weight is 343 g/mol. The standard InChI is InChI=1S/C19H25N3O3/c1-13-16(14(2)25-21-13)11-22-8-9-23-19-17(22)5-6-18(19)24-12-15-4-3-7-20-10-15/h3-4,7,10,17-19H,5-6,8-9,11-12H2,1-2H3/t17-,18-,19+/m1/s1. The highest BCUT2D eigenvalue weighted by molar-refractivity contribution is 5.21.